The molecule has 1 aromatic carbocycles. The molecule has 0 saturated heterocycles. The van der Waals surface area contributed by atoms with Gasteiger partial charge in [0.1, 0.15) is 0 Å². The fourth-order valence-electron chi connectivity index (χ4n) is 4.11. The smallest absolute Gasteiger partial charge is 0.317 e. The Morgan fingerprint density at radius 2 is 1.86 bits per heavy atom. The van der Waals surface area contributed by atoms with Gasteiger partial charge in [-0.15, -0.1) is 0 Å². The Balaban J connectivity index is 1.52. The summed E-state index contributed by atoms with van der Waals surface area (Å²) in [5.74, 6) is 1.38. The molecule has 2 aliphatic rings. The molecule has 7 heteroatoms. The van der Waals surface area contributed by atoms with Gasteiger partial charge in [0.25, 0.3) is 0 Å². The van der Waals surface area contributed by atoms with Gasteiger partial charge in [-0.1, -0.05) is 12.8 Å². The summed E-state index contributed by atoms with van der Waals surface area (Å²) in [6.45, 7) is 2.16. The van der Waals surface area contributed by atoms with Crippen LogP contribution in [0, 0.1) is 0 Å². The monoisotopic (exact) mass is 384 g/mol. The summed E-state index contributed by atoms with van der Waals surface area (Å²) in [4.78, 5) is 14.6. The summed E-state index contributed by atoms with van der Waals surface area (Å²) in [5.41, 5.74) is 2.91. The first-order valence-corrected chi connectivity index (χ1v) is 10.0. The third-order valence-corrected chi connectivity index (χ3v) is 5.66. The van der Waals surface area contributed by atoms with Crippen LogP contribution in [0.5, 0.6) is 11.5 Å². The van der Waals surface area contributed by atoms with Crippen molar-refractivity contribution in [2.75, 3.05) is 20.8 Å². The van der Waals surface area contributed by atoms with E-state index in [0.717, 1.165) is 49.3 Å². The molecule has 0 atom stereocenters. The van der Waals surface area contributed by atoms with E-state index in [2.05, 4.69) is 11.4 Å². The molecule has 0 unspecified atom stereocenters. The van der Waals surface area contributed by atoms with Crippen molar-refractivity contribution < 1.29 is 14.3 Å². The second-order valence-electron chi connectivity index (χ2n) is 7.52. The van der Waals surface area contributed by atoms with Crippen LogP contribution in [-0.2, 0) is 13.1 Å². The Bertz CT molecular complexity index is 842. The molecule has 2 amide bonds. The van der Waals surface area contributed by atoms with Crippen LogP contribution < -0.4 is 14.8 Å². The second kappa shape index (κ2) is 8.12. The highest BCUT2D eigenvalue weighted by Crippen LogP contribution is 2.32. The lowest BCUT2D eigenvalue weighted by molar-refractivity contribution is 0.192. The van der Waals surface area contributed by atoms with E-state index in [9.17, 15) is 4.79 Å². The van der Waals surface area contributed by atoms with Crippen molar-refractivity contribution in [1.82, 2.24) is 20.0 Å². The molecule has 2 heterocycles. The number of ether oxygens (including phenoxy) is 2. The summed E-state index contributed by atoms with van der Waals surface area (Å²) in [6, 6.07) is 8.26. The molecular formula is C21H28N4O3. The molecule has 0 spiro atoms. The third-order valence-electron chi connectivity index (χ3n) is 5.66. The standard InChI is InChI=1S/C21H28N4O3/c1-27-19-9-8-15(12-20(19)28-2)18-13-17-14-24(10-5-11-25(17)23-18)21(26)22-16-6-3-4-7-16/h8-9,12-13,16H,3-7,10-11,14H2,1-2H3,(H,22,26). The average Bonchev–Trinajstić information content (AvgIpc) is 3.32. The quantitative estimate of drug-likeness (QED) is 0.877. The Morgan fingerprint density at radius 1 is 1.07 bits per heavy atom. The predicted octanol–water partition coefficient (Wildman–Crippen LogP) is 3.43. The van der Waals surface area contributed by atoms with Gasteiger partial charge < -0.3 is 19.7 Å². The number of aromatic nitrogens is 2. The minimum atomic E-state index is 0.0502. The number of benzene rings is 1. The summed E-state index contributed by atoms with van der Waals surface area (Å²) in [6.07, 6.45) is 5.53. The molecule has 28 heavy (non-hydrogen) atoms. The molecule has 1 fully saturated rings. The summed E-state index contributed by atoms with van der Waals surface area (Å²) < 4.78 is 12.8. The molecule has 150 valence electrons. The van der Waals surface area contributed by atoms with E-state index >= 15 is 0 Å². The number of carbonyl (C=O) groups excluding carboxylic acids is 1. The second-order valence-corrected chi connectivity index (χ2v) is 7.52. The van der Waals surface area contributed by atoms with E-state index < -0.39 is 0 Å². The lowest BCUT2D eigenvalue weighted by Crippen LogP contribution is -2.43. The number of fused-ring (bicyclic) bond motifs is 1. The molecule has 0 radical (unpaired) electrons. The Labute approximate surface area is 165 Å². The van der Waals surface area contributed by atoms with Crippen LogP contribution in [0.2, 0.25) is 0 Å². The number of hydrogen-bond donors (Lipinski definition) is 1. The molecule has 4 rings (SSSR count). The van der Waals surface area contributed by atoms with Crippen molar-refractivity contribution in [1.29, 1.82) is 0 Å². The van der Waals surface area contributed by atoms with Gasteiger partial charge in [0, 0.05) is 24.7 Å². The molecule has 1 aliphatic carbocycles. The first-order chi connectivity index (χ1) is 13.7. The molecule has 1 aliphatic heterocycles. The van der Waals surface area contributed by atoms with E-state index in [1.54, 1.807) is 14.2 Å². The number of methoxy groups -OCH3 is 2. The fourth-order valence-corrected chi connectivity index (χ4v) is 4.11. The van der Waals surface area contributed by atoms with Crippen molar-refractivity contribution in [3.63, 3.8) is 0 Å². The Hall–Kier alpha value is -2.70. The molecule has 2 aromatic rings. The van der Waals surface area contributed by atoms with Gasteiger partial charge in [-0.2, -0.15) is 5.10 Å². The summed E-state index contributed by atoms with van der Waals surface area (Å²) in [5, 5.41) is 7.97. The van der Waals surface area contributed by atoms with Crippen LogP contribution in [0.3, 0.4) is 0 Å². The SMILES string of the molecule is COc1ccc(-c2cc3n(n2)CCCN(C(=O)NC2CCCC2)C3)cc1OC. The Morgan fingerprint density at radius 3 is 2.61 bits per heavy atom. The number of hydrogen-bond acceptors (Lipinski definition) is 4. The number of urea groups is 1. The minimum Gasteiger partial charge on any atom is -0.493 e. The van der Waals surface area contributed by atoms with E-state index in [-0.39, 0.29) is 6.03 Å². The van der Waals surface area contributed by atoms with Gasteiger partial charge >= 0.3 is 6.03 Å². The van der Waals surface area contributed by atoms with Crippen LogP contribution in [0.1, 0.15) is 37.8 Å². The van der Waals surface area contributed by atoms with Gasteiger partial charge in [-0.3, -0.25) is 4.68 Å². The first kappa shape index (κ1) is 18.7. The predicted molar refractivity (Wildman–Crippen MR) is 107 cm³/mol. The number of nitrogens with one attached hydrogen (secondary N) is 1. The maximum absolute atomic E-state index is 12.7. The highest BCUT2D eigenvalue weighted by molar-refractivity contribution is 5.74. The highest BCUT2D eigenvalue weighted by atomic mass is 16.5. The van der Waals surface area contributed by atoms with Crippen LogP contribution in [-0.4, -0.2) is 47.5 Å². The van der Waals surface area contributed by atoms with Gasteiger partial charge in [-0.05, 0) is 43.5 Å². The molecule has 0 bridgehead atoms. The van der Waals surface area contributed by atoms with Gasteiger partial charge in [-0.25, -0.2) is 4.79 Å². The molecular weight excluding hydrogens is 356 g/mol. The number of nitrogens with zero attached hydrogens (tertiary/aromatic N) is 3. The van der Waals surface area contributed by atoms with Crippen LogP contribution >= 0.6 is 0 Å². The lowest BCUT2D eigenvalue weighted by Gasteiger charge is -2.23. The molecule has 1 N–H and O–H groups in total. The fraction of sp³-hybridized carbons (Fsp3) is 0.524. The van der Waals surface area contributed by atoms with Crippen molar-refractivity contribution in [2.45, 2.75) is 51.2 Å². The number of amides is 2. The van der Waals surface area contributed by atoms with Crippen molar-refractivity contribution in [3.8, 4) is 22.8 Å². The minimum absolute atomic E-state index is 0.0502. The van der Waals surface area contributed by atoms with Crippen LogP contribution in [0.4, 0.5) is 4.79 Å². The molecule has 1 aromatic heterocycles. The zero-order chi connectivity index (χ0) is 19.5. The first-order valence-electron chi connectivity index (χ1n) is 10.0. The maximum Gasteiger partial charge on any atom is 0.317 e. The topological polar surface area (TPSA) is 68.6 Å². The van der Waals surface area contributed by atoms with E-state index in [1.165, 1.54) is 12.8 Å². The molecule has 7 nitrogen and oxygen atoms in total. The number of rotatable bonds is 4. The largest absolute Gasteiger partial charge is 0.493 e. The normalized spacial score (nSPS) is 17.1. The zero-order valence-corrected chi connectivity index (χ0v) is 16.6. The third kappa shape index (κ3) is 3.79. The van der Waals surface area contributed by atoms with Gasteiger partial charge in [0.2, 0.25) is 0 Å². The maximum atomic E-state index is 12.7. The number of aryl methyl sites for hydroxylation is 1. The van der Waals surface area contributed by atoms with E-state index in [4.69, 9.17) is 14.6 Å². The van der Waals surface area contributed by atoms with Crippen molar-refractivity contribution >= 4 is 6.03 Å². The van der Waals surface area contributed by atoms with E-state index in [0.29, 0.717) is 24.1 Å². The average molecular weight is 384 g/mol. The van der Waals surface area contributed by atoms with Gasteiger partial charge in [0.05, 0.1) is 32.2 Å². The van der Waals surface area contributed by atoms with E-state index in [1.807, 2.05) is 27.8 Å². The number of carbonyl (C=O) groups is 1. The lowest BCUT2D eigenvalue weighted by atomic mass is 10.1. The summed E-state index contributed by atoms with van der Waals surface area (Å²) >= 11 is 0. The van der Waals surface area contributed by atoms with Crippen molar-refractivity contribution in [2.24, 2.45) is 0 Å². The highest BCUT2D eigenvalue weighted by Gasteiger charge is 2.24. The van der Waals surface area contributed by atoms with Crippen LogP contribution in [0.15, 0.2) is 24.3 Å². The van der Waals surface area contributed by atoms with Crippen molar-refractivity contribution in [3.05, 3.63) is 30.0 Å². The summed E-state index contributed by atoms with van der Waals surface area (Å²) in [7, 11) is 3.26. The van der Waals surface area contributed by atoms with Gasteiger partial charge in [0.15, 0.2) is 11.5 Å². The molecule has 1 saturated carbocycles. The zero-order valence-electron chi connectivity index (χ0n) is 16.6. The van der Waals surface area contributed by atoms with Crippen LogP contribution in [0.25, 0.3) is 11.3 Å². The Kier molecular flexibility index (Phi) is 5.41.